The number of piperidine rings is 1. The zero-order valence-electron chi connectivity index (χ0n) is 16.4. The van der Waals surface area contributed by atoms with Crippen LogP contribution in [-0.4, -0.2) is 77.7 Å². The molecule has 7 heteroatoms. The van der Waals surface area contributed by atoms with E-state index in [1.807, 2.05) is 32.0 Å². The molecule has 3 rings (SSSR count). The van der Waals surface area contributed by atoms with Gasteiger partial charge in [0.05, 0.1) is 14.1 Å². The topological polar surface area (TPSA) is 72.7 Å². The van der Waals surface area contributed by atoms with Gasteiger partial charge in [0.2, 0.25) is 0 Å². The van der Waals surface area contributed by atoms with Crippen LogP contribution in [0.1, 0.15) is 34.3 Å². The van der Waals surface area contributed by atoms with Crippen molar-refractivity contribution in [2.75, 3.05) is 27.2 Å². The van der Waals surface area contributed by atoms with Crippen LogP contribution in [-0.2, 0) is 4.79 Å². The maximum atomic E-state index is 12.5. The lowest BCUT2D eigenvalue weighted by atomic mass is 10.0. The molecule has 1 saturated heterocycles. The highest BCUT2D eigenvalue weighted by atomic mass is 16.2. The molecule has 1 fully saturated rings. The Bertz CT molecular complexity index is 809. The number of carbonyl (C=O) groups excluding carboxylic acids is 3. The van der Waals surface area contributed by atoms with Crippen molar-refractivity contribution in [2.24, 2.45) is 0 Å². The van der Waals surface area contributed by atoms with Crippen molar-refractivity contribution < 1.29 is 19.0 Å². The minimum absolute atomic E-state index is 0.0538. The SMILES string of the molecule is Cc1ccc(C(=O)NC2CCN(C3C=[N+](C)C(=O)N(C)C3=O)CC2)cc1C. The molecule has 0 radical (unpaired) electrons. The molecule has 0 aliphatic carbocycles. The van der Waals surface area contributed by atoms with Gasteiger partial charge in [-0.2, -0.15) is 9.69 Å². The molecule has 27 heavy (non-hydrogen) atoms. The third kappa shape index (κ3) is 3.93. The van der Waals surface area contributed by atoms with Gasteiger partial charge in [-0.25, -0.2) is 9.37 Å². The van der Waals surface area contributed by atoms with Crippen molar-refractivity contribution in [1.82, 2.24) is 15.1 Å². The van der Waals surface area contributed by atoms with E-state index in [-0.39, 0.29) is 23.9 Å². The Morgan fingerprint density at radius 1 is 1.15 bits per heavy atom. The molecule has 1 atom stereocenters. The van der Waals surface area contributed by atoms with Gasteiger partial charge in [-0.3, -0.25) is 9.69 Å². The molecule has 1 aromatic carbocycles. The molecular weight excluding hydrogens is 344 g/mol. The summed E-state index contributed by atoms with van der Waals surface area (Å²) in [5, 5.41) is 3.11. The molecule has 0 saturated carbocycles. The van der Waals surface area contributed by atoms with Gasteiger partial charge in [0.15, 0.2) is 6.04 Å². The molecule has 2 aliphatic heterocycles. The van der Waals surface area contributed by atoms with Crippen LogP contribution in [0.5, 0.6) is 0 Å². The Balaban J connectivity index is 1.59. The average Bonchev–Trinajstić information content (AvgIpc) is 2.66. The standard InChI is InChI=1S/C20H26N4O3/c1-13-5-6-15(11-14(13)2)18(25)21-16-7-9-24(10-8-16)17-12-22(3)20(27)23(4)19(17)26/h5-6,11-12,16-17H,7-10H2,1-4H3/p+1. The number of likely N-dealkylation sites (N-methyl/N-ethyl adjacent to an activating group) is 1. The maximum Gasteiger partial charge on any atom is 0.500 e. The van der Waals surface area contributed by atoms with Gasteiger partial charge in [-0.15, -0.1) is 0 Å². The minimum atomic E-state index is -0.422. The van der Waals surface area contributed by atoms with E-state index in [9.17, 15) is 14.4 Å². The molecule has 144 valence electrons. The van der Waals surface area contributed by atoms with Crippen LogP contribution in [0.25, 0.3) is 0 Å². The number of imide groups is 1. The van der Waals surface area contributed by atoms with Gasteiger partial charge < -0.3 is 5.32 Å². The van der Waals surface area contributed by atoms with Crippen LogP contribution in [0.3, 0.4) is 0 Å². The first-order valence-electron chi connectivity index (χ1n) is 9.29. The number of carbonyl (C=O) groups is 3. The minimum Gasteiger partial charge on any atom is -0.349 e. The summed E-state index contributed by atoms with van der Waals surface area (Å²) in [6.45, 7) is 5.42. The van der Waals surface area contributed by atoms with E-state index in [4.69, 9.17) is 0 Å². The summed E-state index contributed by atoms with van der Waals surface area (Å²) in [5.41, 5.74) is 2.95. The van der Waals surface area contributed by atoms with Crippen molar-refractivity contribution in [3.05, 3.63) is 34.9 Å². The summed E-state index contributed by atoms with van der Waals surface area (Å²) in [6, 6.07) is 5.08. The number of benzene rings is 1. The Hall–Kier alpha value is -2.54. The van der Waals surface area contributed by atoms with Gasteiger partial charge in [-0.05, 0) is 49.9 Å². The largest absolute Gasteiger partial charge is 0.500 e. The van der Waals surface area contributed by atoms with E-state index in [0.717, 1.165) is 23.3 Å². The first kappa shape index (κ1) is 19.2. The molecular formula is C20H27N4O3+. The summed E-state index contributed by atoms with van der Waals surface area (Å²) in [7, 11) is 3.17. The Morgan fingerprint density at radius 2 is 1.81 bits per heavy atom. The fraction of sp³-hybridized carbons (Fsp3) is 0.500. The van der Waals surface area contributed by atoms with E-state index in [0.29, 0.717) is 18.7 Å². The lowest BCUT2D eigenvalue weighted by Gasteiger charge is -2.36. The van der Waals surface area contributed by atoms with Crippen LogP contribution < -0.4 is 5.32 Å². The number of amides is 4. The molecule has 1 aromatic rings. The second kappa shape index (κ2) is 7.60. The molecule has 0 spiro atoms. The first-order chi connectivity index (χ1) is 12.8. The monoisotopic (exact) mass is 371 g/mol. The smallest absolute Gasteiger partial charge is 0.349 e. The quantitative estimate of drug-likeness (QED) is 0.810. The molecule has 2 heterocycles. The van der Waals surface area contributed by atoms with E-state index in [1.165, 1.54) is 17.2 Å². The molecule has 2 aliphatic rings. The van der Waals surface area contributed by atoms with Crippen molar-refractivity contribution in [1.29, 1.82) is 0 Å². The summed E-state index contributed by atoms with van der Waals surface area (Å²) in [4.78, 5) is 40.0. The zero-order valence-corrected chi connectivity index (χ0v) is 16.4. The lowest BCUT2D eigenvalue weighted by molar-refractivity contribution is -0.401. The Labute approximate surface area is 159 Å². The van der Waals surface area contributed by atoms with E-state index < -0.39 is 6.04 Å². The fourth-order valence-electron chi connectivity index (χ4n) is 3.59. The number of aryl methyl sites for hydroxylation is 2. The third-order valence-electron chi connectivity index (χ3n) is 5.56. The van der Waals surface area contributed by atoms with Crippen molar-refractivity contribution >= 4 is 24.1 Å². The van der Waals surface area contributed by atoms with E-state index in [1.54, 1.807) is 13.3 Å². The van der Waals surface area contributed by atoms with Crippen molar-refractivity contribution in [2.45, 2.75) is 38.8 Å². The number of nitrogens with one attached hydrogen (secondary N) is 1. The van der Waals surface area contributed by atoms with Gasteiger partial charge in [0.1, 0.15) is 6.21 Å². The number of likely N-dealkylation sites (tertiary alicyclic amines) is 1. The van der Waals surface area contributed by atoms with Gasteiger partial charge in [0.25, 0.3) is 5.91 Å². The maximum absolute atomic E-state index is 12.5. The van der Waals surface area contributed by atoms with Gasteiger partial charge in [0, 0.05) is 24.7 Å². The van der Waals surface area contributed by atoms with Crippen LogP contribution in [0, 0.1) is 13.8 Å². The predicted octanol–water partition coefficient (Wildman–Crippen LogP) is 1.17. The molecule has 4 amide bonds. The molecule has 7 nitrogen and oxygen atoms in total. The molecule has 1 N–H and O–H groups in total. The summed E-state index contributed by atoms with van der Waals surface area (Å²) in [6.07, 6.45) is 3.23. The van der Waals surface area contributed by atoms with Crippen LogP contribution in [0.15, 0.2) is 18.2 Å². The second-order valence-electron chi connectivity index (χ2n) is 7.47. The summed E-state index contributed by atoms with van der Waals surface area (Å²) < 4.78 is 1.46. The molecule has 1 unspecified atom stereocenters. The van der Waals surface area contributed by atoms with Crippen LogP contribution >= 0.6 is 0 Å². The first-order valence-corrected chi connectivity index (χ1v) is 9.29. The number of hydrogen-bond acceptors (Lipinski definition) is 4. The normalized spacial score (nSPS) is 22.0. The number of nitrogens with zero attached hydrogens (tertiary/aromatic N) is 3. The molecule has 0 aromatic heterocycles. The number of urea groups is 1. The summed E-state index contributed by atoms with van der Waals surface area (Å²) in [5.74, 6) is -0.252. The average molecular weight is 371 g/mol. The lowest BCUT2D eigenvalue weighted by Crippen LogP contribution is -2.59. The number of hydrogen-bond donors (Lipinski definition) is 1. The Morgan fingerprint density at radius 3 is 2.44 bits per heavy atom. The summed E-state index contributed by atoms with van der Waals surface area (Å²) >= 11 is 0. The van der Waals surface area contributed by atoms with E-state index >= 15 is 0 Å². The fourth-order valence-corrected chi connectivity index (χ4v) is 3.59. The highest BCUT2D eigenvalue weighted by Gasteiger charge is 2.42. The van der Waals surface area contributed by atoms with Crippen LogP contribution in [0.4, 0.5) is 4.79 Å². The zero-order chi connectivity index (χ0) is 19.7. The highest BCUT2D eigenvalue weighted by molar-refractivity contribution is 6.06. The van der Waals surface area contributed by atoms with E-state index in [2.05, 4.69) is 10.2 Å². The third-order valence-corrected chi connectivity index (χ3v) is 5.56. The van der Waals surface area contributed by atoms with Crippen molar-refractivity contribution in [3.8, 4) is 0 Å². The second-order valence-corrected chi connectivity index (χ2v) is 7.47. The number of rotatable bonds is 3. The van der Waals surface area contributed by atoms with Gasteiger partial charge in [-0.1, -0.05) is 6.07 Å². The highest BCUT2D eigenvalue weighted by Crippen LogP contribution is 2.17. The van der Waals surface area contributed by atoms with Gasteiger partial charge >= 0.3 is 11.9 Å². The van der Waals surface area contributed by atoms with Crippen molar-refractivity contribution in [3.63, 3.8) is 0 Å². The predicted molar refractivity (Wildman–Crippen MR) is 102 cm³/mol. The Kier molecular flexibility index (Phi) is 5.41. The van der Waals surface area contributed by atoms with Crippen LogP contribution in [0.2, 0.25) is 0 Å². The molecule has 0 bridgehead atoms.